The van der Waals surface area contributed by atoms with E-state index in [-0.39, 0.29) is 24.2 Å². The van der Waals surface area contributed by atoms with Gasteiger partial charge in [0, 0.05) is 35.7 Å². The van der Waals surface area contributed by atoms with Crippen LogP contribution in [0.25, 0.3) is 11.3 Å². The average molecular weight is 407 g/mol. The smallest absolute Gasteiger partial charge is 0.226 e. The second-order valence-electron chi connectivity index (χ2n) is 7.12. The third-order valence-corrected chi connectivity index (χ3v) is 4.43. The number of oxazole rings is 1. The summed E-state index contributed by atoms with van der Waals surface area (Å²) >= 11 is 0. The van der Waals surface area contributed by atoms with Crippen molar-refractivity contribution in [1.82, 2.24) is 4.98 Å². The molecule has 0 saturated carbocycles. The second-order valence-corrected chi connectivity index (χ2v) is 7.12. The summed E-state index contributed by atoms with van der Waals surface area (Å²) in [4.78, 5) is 28.4. The minimum Gasteiger partial charge on any atom is -0.497 e. The Morgan fingerprint density at radius 2 is 1.77 bits per heavy atom. The minimum absolute atomic E-state index is 0.0740. The summed E-state index contributed by atoms with van der Waals surface area (Å²) in [6.45, 7) is 3.65. The molecule has 2 N–H and O–H groups in total. The highest BCUT2D eigenvalue weighted by atomic mass is 16.5. The van der Waals surface area contributed by atoms with E-state index in [2.05, 4.69) is 15.6 Å². The molecule has 1 heterocycles. The summed E-state index contributed by atoms with van der Waals surface area (Å²) in [6, 6.07) is 14.5. The van der Waals surface area contributed by atoms with Crippen LogP contribution in [0.4, 0.5) is 11.4 Å². The van der Waals surface area contributed by atoms with E-state index in [0.717, 1.165) is 11.3 Å². The molecule has 0 unspecified atom stereocenters. The molecule has 0 aliphatic heterocycles. The molecule has 0 aliphatic carbocycles. The lowest BCUT2D eigenvalue weighted by Crippen LogP contribution is -2.18. The fourth-order valence-electron chi connectivity index (χ4n) is 2.72. The SMILES string of the molecule is COc1ccc(-c2cnc(CCC(=O)Nc3cccc(NC(=O)C(C)C)c3)o2)cc1. The largest absolute Gasteiger partial charge is 0.497 e. The van der Waals surface area contributed by atoms with E-state index in [9.17, 15) is 9.59 Å². The maximum absolute atomic E-state index is 12.3. The predicted molar refractivity (Wildman–Crippen MR) is 115 cm³/mol. The molecule has 3 aromatic rings. The Morgan fingerprint density at radius 1 is 1.07 bits per heavy atom. The molecule has 0 fully saturated rings. The van der Waals surface area contributed by atoms with Crippen molar-refractivity contribution < 1.29 is 18.7 Å². The molecule has 0 aliphatic rings. The Balaban J connectivity index is 1.54. The van der Waals surface area contributed by atoms with E-state index in [1.54, 1.807) is 37.6 Å². The van der Waals surface area contributed by atoms with Crippen molar-refractivity contribution in [1.29, 1.82) is 0 Å². The van der Waals surface area contributed by atoms with Crippen molar-refractivity contribution in [3.05, 3.63) is 60.6 Å². The van der Waals surface area contributed by atoms with Gasteiger partial charge in [0.25, 0.3) is 0 Å². The number of carbonyl (C=O) groups is 2. The zero-order chi connectivity index (χ0) is 21.5. The first kappa shape index (κ1) is 21.1. The number of hydrogen-bond donors (Lipinski definition) is 2. The van der Waals surface area contributed by atoms with Crippen LogP contribution in [0, 0.1) is 5.92 Å². The molecule has 0 saturated heterocycles. The number of nitrogens with zero attached hydrogens (tertiary/aromatic N) is 1. The molecule has 7 heteroatoms. The summed E-state index contributed by atoms with van der Waals surface area (Å²) in [6.07, 6.45) is 2.26. The summed E-state index contributed by atoms with van der Waals surface area (Å²) in [5.41, 5.74) is 2.15. The number of benzene rings is 2. The van der Waals surface area contributed by atoms with E-state index in [1.165, 1.54) is 0 Å². The molecular formula is C23H25N3O4. The normalized spacial score (nSPS) is 10.7. The highest BCUT2D eigenvalue weighted by molar-refractivity contribution is 5.94. The third-order valence-electron chi connectivity index (χ3n) is 4.43. The maximum Gasteiger partial charge on any atom is 0.226 e. The summed E-state index contributed by atoms with van der Waals surface area (Å²) in [5.74, 6) is 1.55. The van der Waals surface area contributed by atoms with Gasteiger partial charge in [-0.25, -0.2) is 4.98 Å². The summed E-state index contributed by atoms with van der Waals surface area (Å²) in [5, 5.41) is 5.65. The lowest BCUT2D eigenvalue weighted by Gasteiger charge is -2.10. The molecule has 156 valence electrons. The topological polar surface area (TPSA) is 93.5 Å². The number of amides is 2. The van der Waals surface area contributed by atoms with Crippen molar-refractivity contribution in [3.63, 3.8) is 0 Å². The number of ether oxygens (including phenoxy) is 1. The van der Waals surface area contributed by atoms with E-state index >= 15 is 0 Å². The van der Waals surface area contributed by atoms with Crippen LogP contribution in [0.2, 0.25) is 0 Å². The zero-order valence-corrected chi connectivity index (χ0v) is 17.3. The van der Waals surface area contributed by atoms with Crippen LogP contribution in [-0.2, 0) is 16.0 Å². The van der Waals surface area contributed by atoms with E-state index in [4.69, 9.17) is 9.15 Å². The van der Waals surface area contributed by atoms with Gasteiger partial charge in [-0.2, -0.15) is 0 Å². The monoisotopic (exact) mass is 407 g/mol. The molecule has 0 bridgehead atoms. The number of aryl methyl sites for hydroxylation is 1. The lowest BCUT2D eigenvalue weighted by molar-refractivity contribution is -0.119. The number of aromatic nitrogens is 1. The molecule has 2 amide bonds. The fraction of sp³-hybridized carbons (Fsp3) is 0.261. The van der Waals surface area contributed by atoms with Crippen LogP contribution < -0.4 is 15.4 Å². The van der Waals surface area contributed by atoms with E-state index in [1.807, 2.05) is 38.1 Å². The highest BCUT2D eigenvalue weighted by Gasteiger charge is 2.11. The van der Waals surface area contributed by atoms with Gasteiger partial charge >= 0.3 is 0 Å². The number of hydrogen-bond acceptors (Lipinski definition) is 5. The van der Waals surface area contributed by atoms with Gasteiger partial charge in [0.15, 0.2) is 11.7 Å². The van der Waals surface area contributed by atoms with Gasteiger partial charge in [0.2, 0.25) is 11.8 Å². The standard InChI is InChI=1S/C23H25N3O4/c1-15(2)23(28)26-18-6-4-5-17(13-18)25-21(27)11-12-22-24-14-20(30-22)16-7-9-19(29-3)10-8-16/h4-10,13-15H,11-12H2,1-3H3,(H,25,27)(H,26,28). The van der Waals surface area contributed by atoms with Crippen molar-refractivity contribution in [3.8, 4) is 17.1 Å². The van der Waals surface area contributed by atoms with Crippen LogP contribution in [0.15, 0.2) is 59.1 Å². The first-order valence-electron chi connectivity index (χ1n) is 9.74. The third kappa shape index (κ3) is 5.70. The minimum atomic E-state index is -0.161. The van der Waals surface area contributed by atoms with Crippen LogP contribution >= 0.6 is 0 Å². The van der Waals surface area contributed by atoms with E-state index in [0.29, 0.717) is 29.4 Å². The summed E-state index contributed by atoms with van der Waals surface area (Å²) in [7, 11) is 1.62. The number of rotatable bonds is 8. The Labute approximate surface area is 175 Å². The maximum atomic E-state index is 12.3. The van der Waals surface area contributed by atoms with E-state index < -0.39 is 0 Å². The molecule has 1 aromatic heterocycles. The van der Waals surface area contributed by atoms with Gasteiger partial charge in [-0.05, 0) is 42.5 Å². The first-order valence-corrected chi connectivity index (χ1v) is 9.74. The van der Waals surface area contributed by atoms with Gasteiger partial charge < -0.3 is 19.8 Å². The molecule has 0 radical (unpaired) electrons. The number of methoxy groups -OCH3 is 1. The Bertz CT molecular complexity index is 1010. The predicted octanol–water partition coefficient (Wildman–Crippen LogP) is 4.52. The highest BCUT2D eigenvalue weighted by Crippen LogP contribution is 2.23. The average Bonchev–Trinajstić information content (AvgIpc) is 3.21. The Morgan fingerprint density at radius 3 is 2.43 bits per heavy atom. The number of carbonyl (C=O) groups excluding carboxylic acids is 2. The lowest BCUT2D eigenvalue weighted by atomic mass is 10.2. The Hall–Kier alpha value is -3.61. The van der Waals surface area contributed by atoms with Crippen molar-refractivity contribution in [2.24, 2.45) is 5.92 Å². The Kier molecular flexibility index (Phi) is 6.85. The quantitative estimate of drug-likeness (QED) is 0.573. The molecule has 0 spiro atoms. The van der Waals surface area contributed by atoms with Gasteiger partial charge in [-0.3, -0.25) is 9.59 Å². The number of nitrogens with one attached hydrogen (secondary N) is 2. The van der Waals surface area contributed by atoms with Gasteiger partial charge in [-0.1, -0.05) is 19.9 Å². The molecule has 7 nitrogen and oxygen atoms in total. The van der Waals surface area contributed by atoms with Crippen molar-refractivity contribution in [2.45, 2.75) is 26.7 Å². The van der Waals surface area contributed by atoms with Gasteiger partial charge in [0.05, 0.1) is 13.3 Å². The molecular weight excluding hydrogens is 382 g/mol. The van der Waals surface area contributed by atoms with Crippen molar-refractivity contribution in [2.75, 3.05) is 17.7 Å². The summed E-state index contributed by atoms with van der Waals surface area (Å²) < 4.78 is 10.9. The molecule has 30 heavy (non-hydrogen) atoms. The fourth-order valence-corrected chi connectivity index (χ4v) is 2.72. The van der Waals surface area contributed by atoms with Crippen LogP contribution in [-0.4, -0.2) is 23.9 Å². The second kappa shape index (κ2) is 9.73. The molecule has 2 aromatic carbocycles. The van der Waals surface area contributed by atoms with Crippen LogP contribution in [0.5, 0.6) is 5.75 Å². The van der Waals surface area contributed by atoms with Crippen LogP contribution in [0.1, 0.15) is 26.2 Å². The number of anilines is 2. The van der Waals surface area contributed by atoms with Crippen LogP contribution in [0.3, 0.4) is 0 Å². The first-order chi connectivity index (χ1) is 14.4. The molecule has 3 rings (SSSR count). The van der Waals surface area contributed by atoms with Gasteiger partial charge in [0.1, 0.15) is 5.75 Å². The molecule has 0 atom stereocenters. The zero-order valence-electron chi connectivity index (χ0n) is 17.3. The van der Waals surface area contributed by atoms with Gasteiger partial charge in [-0.15, -0.1) is 0 Å². The van der Waals surface area contributed by atoms with Crippen molar-refractivity contribution >= 4 is 23.2 Å².